The summed E-state index contributed by atoms with van der Waals surface area (Å²) in [5.41, 5.74) is 2.00. The number of para-hydroxylation sites is 3. The standard InChI is InChI=1S/C21H27N3O2/c1-3-26-20-12-8-7-11-19(20)22-21(25)17(2)23-13-15-24(16-14-23)18-9-5-4-6-10-18/h4-12,17H,3,13-16H2,1-2H3,(H,22,25)/p+1/t17-/m1/s1. The summed E-state index contributed by atoms with van der Waals surface area (Å²) < 4.78 is 5.60. The molecule has 5 heteroatoms. The molecule has 0 bridgehead atoms. The molecule has 138 valence electrons. The Morgan fingerprint density at radius 1 is 1.12 bits per heavy atom. The largest absolute Gasteiger partial charge is 0.492 e. The molecule has 26 heavy (non-hydrogen) atoms. The minimum atomic E-state index is -0.0948. The second-order valence-electron chi connectivity index (χ2n) is 6.62. The molecule has 0 aliphatic carbocycles. The van der Waals surface area contributed by atoms with Crippen LogP contribution >= 0.6 is 0 Å². The van der Waals surface area contributed by atoms with Crippen LogP contribution in [-0.4, -0.2) is 44.7 Å². The van der Waals surface area contributed by atoms with Crippen molar-refractivity contribution in [1.29, 1.82) is 0 Å². The molecule has 1 aliphatic heterocycles. The van der Waals surface area contributed by atoms with Crippen molar-refractivity contribution in [2.45, 2.75) is 19.9 Å². The molecule has 0 unspecified atom stereocenters. The molecule has 0 radical (unpaired) electrons. The lowest BCUT2D eigenvalue weighted by Crippen LogP contribution is -3.19. The van der Waals surface area contributed by atoms with Gasteiger partial charge in [0.1, 0.15) is 5.75 Å². The fourth-order valence-corrected chi connectivity index (χ4v) is 3.40. The van der Waals surface area contributed by atoms with Gasteiger partial charge in [-0.15, -0.1) is 0 Å². The van der Waals surface area contributed by atoms with Crippen LogP contribution in [0, 0.1) is 0 Å². The Morgan fingerprint density at radius 2 is 1.77 bits per heavy atom. The Labute approximate surface area is 155 Å². The molecule has 2 N–H and O–H groups in total. The molecule has 1 amide bonds. The van der Waals surface area contributed by atoms with Crippen molar-refractivity contribution in [2.24, 2.45) is 0 Å². The average Bonchev–Trinajstić information content (AvgIpc) is 2.70. The zero-order valence-corrected chi connectivity index (χ0v) is 15.6. The van der Waals surface area contributed by atoms with E-state index in [1.165, 1.54) is 10.6 Å². The molecule has 5 nitrogen and oxygen atoms in total. The number of carbonyl (C=O) groups excluding carboxylic acids is 1. The minimum Gasteiger partial charge on any atom is -0.492 e. The summed E-state index contributed by atoms with van der Waals surface area (Å²) in [7, 11) is 0. The topological polar surface area (TPSA) is 46.0 Å². The van der Waals surface area contributed by atoms with Gasteiger partial charge in [0.15, 0.2) is 6.04 Å². The summed E-state index contributed by atoms with van der Waals surface area (Å²) in [5, 5.41) is 3.04. The van der Waals surface area contributed by atoms with E-state index in [-0.39, 0.29) is 11.9 Å². The van der Waals surface area contributed by atoms with E-state index >= 15 is 0 Å². The Bertz CT molecular complexity index is 712. The van der Waals surface area contributed by atoms with E-state index in [1.807, 2.05) is 44.2 Å². The molecular formula is C21H28N3O2+. The third-order valence-electron chi connectivity index (χ3n) is 4.98. The summed E-state index contributed by atoms with van der Waals surface area (Å²) >= 11 is 0. The number of rotatable bonds is 6. The number of carbonyl (C=O) groups is 1. The maximum absolute atomic E-state index is 12.7. The summed E-state index contributed by atoms with van der Waals surface area (Å²) in [6, 6.07) is 18.0. The quantitative estimate of drug-likeness (QED) is 0.832. The van der Waals surface area contributed by atoms with Crippen LogP contribution in [0.4, 0.5) is 11.4 Å². The van der Waals surface area contributed by atoms with Crippen molar-refractivity contribution in [3.63, 3.8) is 0 Å². The molecule has 3 rings (SSSR count). The third-order valence-corrected chi connectivity index (χ3v) is 4.98. The molecule has 1 heterocycles. The van der Waals surface area contributed by atoms with Gasteiger partial charge in [0.05, 0.1) is 38.5 Å². The van der Waals surface area contributed by atoms with Crippen molar-refractivity contribution < 1.29 is 14.4 Å². The predicted octanol–water partition coefficient (Wildman–Crippen LogP) is 1.82. The highest BCUT2D eigenvalue weighted by molar-refractivity contribution is 5.94. The zero-order chi connectivity index (χ0) is 18.4. The van der Waals surface area contributed by atoms with Crippen molar-refractivity contribution in [2.75, 3.05) is 43.0 Å². The number of hydrogen-bond donors (Lipinski definition) is 2. The van der Waals surface area contributed by atoms with Gasteiger partial charge in [0.25, 0.3) is 5.91 Å². The zero-order valence-electron chi connectivity index (χ0n) is 15.6. The van der Waals surface area contributed by atoms with Gasteiger partial charge in [-0.05, 0) is 38.1 Å². The number of quaternary nitrogens is 1. The first-order chi connectivity index (χ1) is 12.7. The van der Waals surface area contributed by atoms with E-state index < -0.39 is 0 Å². The summed E-state index contributed by atoms with van der Waals surface area (Å²) in [6.07, 6.45) is 0. The van der Waals surface area contributed by atoms with Crippen LogP contribution in [0.5, 0.6) is 5.75 Å². The Hall–Kier alpha value is -2.53. The maximum Gasteiger partial charge on any atom is 0.282 e. The lowest BCUT2D eigenvalue weighted by Gasteiger charge is -2.36. The van der Waals surface area contributed by atoms with Gasteiger partial charge in [-0.1, -0.05) is 30.3 Å². The van der Waals surface area contributed by atoms with Crippen LogP contribution in [0.25, 0.3) is 0 Å². The fourth-order valence-electron chi connectivity index (χ4n) is 3.40. The van der Waals surface area contributed by atoms with E-state index in [0.29, 0.717) is 6.61 Å². The SMILES string of the molecule is CCOc1ccccc1NC(=O)[C@@H](C)[NH+]1CCN(c2ccccc2)CC1. The van der Waals surface area contributed by atoms with E-state index in [4.69, 9.17) is 4.74 Å². The molecule has 1 aliphatic rings. The molecule has 1 saturated heterocycles. The van der Waals surface area contributed by atoms with Crippen LogP contribution in [0.3, 0.4) is 0 Å². The van der Waals surface area contributed by atoms with E-state index in [0.717, 1.165) is 37.6 Å². The lowest BCUT2D eigenvalue weighted by atomic mass is 10.2. The number of hydrogen-bond acceptors (Lipinski definition) is 3. The number of nitrogens with one attached hydrogen (secondary N) is 2. The highest BCUT2D eigenvalue weighted by atomic mass is 16.5. The number of piperazine rings is 1. The molecule has 1 fully saturated rings. The molecule has 2 aromatic carbocycles. The van der Waals surface area contributed by atoms with Gasteiger partial charge in [0.2, 0.25) is 0 Å². The van der Waals surface area contributed by atoms with Gasteiger partial charge < -0.3 is 19.9 Å². The lowest BCUT2D eigenvalue weighted by molar-refractivity contribution is -0.914. The first kappa shape index (κ1) is 18.3. The summed E-state index contributed by atoms with van der Waals surface area (Å²) in [5.74, 6) is 0.764. The number of ether oxygens (including phenoxy) is 1. The Morgan fingerprint density at radius 3 is 2.46 bits per heavy atom. The van der Waals surface area contributed by atoms with Crippen molar-refractivity contribution in [3.8, 4) is 5.75 Å². The number of anilines is 2. The summed E-state index contributed by atoms with van der Waals surface area (Å²) in [6.45, 7) is 8.37. The molecule has 2 aromatic rings. The van der Waals surface area contributed by atoms with Crippen molar-refractivity contribution in [3.05, 3.63) is 54.6 Å². The van der Waals surface area contributed by atoms with Crippen molar-refractivity contribution >= 4 is 17.3 Å². The van der Waals surface area contributed by atoms with Crippen LogP contribution in [0.15, 0.2) is 54.6 Å². The van der Waals surface area contributed by atoms with E-state index in [9.17, 15) is 4.79 Å². The van der Waals surface area contributed by atoms with Gasteiger partial charge in [-0.3, -0.25) is 4.79 Å². The molecular weight excluding hydrogens is 326 g/mol. The number of benzene rings is 2. The second kappa shape index (κ2) is 8.72. The highest BCUT2D eigenvalue weighted by Crippen LogP contribution is 2.23. The first-order valence-corrected chi connectivity index (χ1v) is 9.36. The highest BCUT2D eigenvalue weighted by Gasteiger charge is 2.29. The monoisotopic (exact) mass is 354 g/mol. The smallest absolute Gasteiger partial charge is 0.282 e. The second-order valence-corrected chi connectivity index (χ2v) is 6.62. The van der Waals surface area contributed by atoms with Crippen molar-refractivity contribution in [1.82, 2.24) is 0 Å². The van der Waals surface area contributed by atoms with Crippen LogP contribution in [-0.2, 0) is 4.79 Å². The normalized spacial score (nSPS) is 16.2. The van der Waals surface area contributed by atoms with Crippen LogP contribution < -0.4 is 19.9 Å². The van der Waals surface area contributed by atoms with Crippen LogP contribution in [0.1, 0.15) is 13.8 Å². The molecule has 1 atom stereocenters. The fraction of sp³-hybridized carbons (Fsp3) is 0.381. The maximum atomic E-state index is 12.7. The molecule has 0 aromatic heterocycles. The number of amides is 1. The van der Waals surface area contributed by atoms with E-state index in [2.05, 4.69) is 34.5 Å². The van der Waals surface area contributed by atoms with Gasteiger partial charge >= 0.3 is 0 Å². The minimum absolute atomic E-state index is 0.0420. The molecule has 0 saturated carbocycles. The van der Waals surface area contributed by atoms with Crippen LogP contribution in [0.2, 0.25) is 0 Å². The first-order valence-electron chi connectivity index (χ1n) is 9.36. The van der Waals surface area contributed by atoms with Gasteiger partial charge in [-0.2, -0.15) is 0 Å². The molecule has 0 spiro atoms. The average molecular weight is 354 g/mol. The predicted molar refractivity (Wildman–Crippen MR) is 105 cm³/mol. The van der Waals surface area contributed by atoms with E-state index in [1.54, 1.807) is 0 Å². The van der Waals surface area contributed by atoms with Gasteiger partial charge in [-0.25, -0.2) is 0 Å². The summed E-state index contributed by atoms with van der Waals surface area (Å²) in [4.78, 5) is 16.4. The number of nitrogens with zero attached hydrogens (tertiary/aromatic N) is 1. The third kappa shape index (κ3) is 4.35. The van der Waals surface area contributed by atoms with Gasteiger partial charge in [0, 0.05) is 5.69 Å². The Kier molecular flexibility index (Phi) is 6.12. The Balaban J connectivity index is 1.57.